The van der Waals surface area contributed by atoms with E-state index in [1.807, 2.05) is 13.0 Å². The van der Waals surface area contributed by atoms with E-state index in [0.29, 0.717) is 18.8 Å². The summed E-state index contributed by atoms with van der Waals surface area (Å²) in [5.41, 5.74) is 1.01. The van der Waals surface area contributed by atoms with Gasteiger partial charge in [0, 0.05) is 36.9 Å². The Morgan fingerprint density at radius 2 is 2.47 bits per heavy atom. The summed E-state index contributed by atoms with van der Waals surface area (Å²) in [6.07, 6.45) is 1.28. The molecule has 0 aromatic carbocycles. The molecule has 1 amide bonds. The lowest BCUT2D eigenvalue weighted by molar-refractivity contribution is -0.117. The van der Waals surface area contributed by atoms with E-state index in [1.165, 1.54) is 18.7 Å². The van der Waals surface area contributed by atoms with Gasteiger partial charge in [-0.25, -0.2) is 0 Å². The van der Waals surface area contributed by atoms with Gasteiger partial charge in [0.15, 0.2) is 10.9 Å². The number of rotatable bonds is 3. The molecule has 0 bridgehead atoms. The molecule has 5 nitrogen and oxygen atoms in total. The molecular formula is C11H15N3O2S. The van der Waals surface area contributed by atoms with Crippen LogP contribution in [0.5, 0.6) is 0 Å². The molecule has 0 radical (unpaired) electrons. The molecule has 1 N–H and O–H groups in total. The fraction of sp³-hybridized carbons (Fsp3) is 0.545. The minimum atomic E-state index is 0.0397. The Bertz CT molecular complexity index is 444. The first kappa shape index (κ1) is 12.2. The molecule has 1 unspecified atom stereocenters. The van der Waals surface area contributed by atoms with Gasteiger partial charge in [0.05, 0.1) is 0 Å². The Kier molecular flexibility index (Phi) is 3.51. The van der Waals surface area contributed by atoms with E-state index in [0.717, 1.165) is 12.1 Å². The maximum atomic E-state index is 11.8. The van der Waals surface area contributed by atoms with Crippen molar-refractivity contribution >= 4 is 28.6 Å². The second-order valence-corrected chi connectivity index (χ2v) is 5.52. The number of H-pyrrole nitrogens is 1. The average Bonchev–Trinajstić information content (AvgIpc) is 2.83. The second kappa shape index (κ2) is 4.91. The quantitative estimate of drug-likeness (QED) is 0.883. The number of carbonyl (C=O) groups is 2. The summed E-state index contributed by atoms with van der Waals surface area (Å²) in [5.74, 6) is 0.705. The van der Waals surface area contributed by atoms with Crippen molar-refractivity contribution < 1.29 is 9.59 Å². The molecule has 92 valence electrons. The molecule has 2 heterocycles. The number of thioether (sulfide) groups is 1. The standard InChI is InChI=1S/C11H15N3O2S/c1-3-8-4-10(13-12-8)14-6-9(5-11(14)16)17-7(2)15/h4,9H,3,5-6H2,1-2H3,(H,12,13). The normalized spacial score (nSPS) is 20.0. The van der Waals surface area contributed by atoms with Gasteiger partial charge in [-0.15, -0.1) is 0 Å². The van der Waals surface area contributed by atoms with Crippen LogP contribution in [0.25, 0.3) is 0 Å². The van der Waals surface area contributed by atoms with Crippen LogP contribution < -0.4 is 4.90 Å². The van der Waals surface area contributed by atoms with Gasteiger partial charge in [0.2, 0.25) is 5.91 Å². The van der Waals surface area contributed by atoms with Crippen molar-refractivity contribution in [1.82, 2.24) is 10.2 Å². The molecule has 0 aliphatic carbocycles. The molecule has 2 rings (SSSR count). The smallest absolute Gasteiger partial charge is 0.229 e. The predicted molar refractivity (Wildman–Crippen MR) is 67.0 cm³/mol. The van der Waals surface area contributed by atoms with Crippen LogP contribution >= 0.6 is 11.8 Å². The number of anilines is 1. The van der Waals surface area contributed by atoms with Crippen molar-refractivity contribution in [2.45, 2.75) is 31.9 Å². The number of nitrogens with one attached hydrogen (secondary N) is 1. The molecule has 1 aliphatic rings. The number of nitrogens with zero attached hydrogens (tertiary/aromatic N) is 2. The number of aryl methyl sites for hydroxylation is 1. The lowest BCUT2D eigenvalue weighted by atomic mass is 10.3. The third kappa shape index (κ3) is 2.69. The SMILES string of the molecule is CCc1cc(N2CC(SC(C)=O)CC2=O)n[nH]1. The Morgan fingerprint density at radius 1 is 1.71 bits per heavy atom. The maximum absolute atomic E-state index is 11.8. The van der Waals surface area contributed by atoms with Crippen LogP contribution in [-0.4, -0.2) is 33.0 Å². The lowest BCUT2D eigenvalue weighted by Crippen LogP contribution is -2.25. The number of hydrogen-bond acceptors (Lipinski definition) is 4. The Morgan fingerprint density at radius 3 is 3.06 bits per heavy atom. The third-order valence-electron chi connectivity index (χ3n) is 2.70. The van der Waals surface area contributed by atoms with Gasteiger partial charge in [0.1, 0.15) is 0 Å². The Labute approximate surface area is 104 Å². The predicted octanol–water partition coefficient (Wildman–Crippen LogP) is 1.36. The summed E-state index contributed by atoms with van der Waals surface area (Å²) in [6.45, 7) is 4.12. The van der Waals surface area contributed by atoms with Crippen LogP contribution in [0.3, 0.4) is 0 Å². The number of hydrogen-bond donors (Lipinski definition) is 1. The summed E-state index contributed by atoms with van der Waals surface area (Å²) in [5, 5.41) is 7.12. The van der Waals surface area contributed by atoms with E-state index >= 15 is 0 Å². The Hall–Kier alpha value is -1.30. The topological polar surface area (TPSA) is 66.1 Å². The van der Waals surface area contributed by atoms with Crippen molar-refractivity contribution in [3.63, 3.8) is 0 Å². The van der Waals surface area contributed by atoms with Crippen LogP contribution in [0.1, 0.15) is 26.0 Å². The van der Waals surface area contributed by atoms with Gasteiger partial charge in [-0.05, 0) is 6.42 Å². The first-order valence-corrected chi connectivity index (χ1v) is 6.50. The summed E-state index contributed by atoms with van der Waals surface area (Å²) < 4.78 is 0. The molecule has 17 heavy (non-hydrogen) atoms. The zero-order chi connectivity index (χ0) is 12.4. The summed E-state index contributed by atoms with van der Waals surface area (Å²) in [6, 6.07) is 1.89. The highest BCUT2D eigenvalue weighted by Gasteiger charge is 2.33. The molecule has 0 spiro atoms. The molecule has 1 aromatic rings. The molecule has 1 fully saturated rings. The average molecular weight is 253 g/mol. The highest BCUT2D eigenvalue weighted by Crippen LogP contribution is 2.27. The first-order chi connectivity index (χ1) is 8.10. The fourth-order valence-corrected chi connectivity index (χ4v) is 2.80. The zero-order valence-electron chi connectivity index (χ0n) is 9.90. The van der Waals surface area contributed by atoms with Crippen molar-refractivity contribution in [2.24, 2.45) is 0 Å². The second-order valence-electron chi connectivity index (χ2n) is 4.04. The summed E-state index contributed by atoms with van der Waals surface area (Å²) in [4.78, 5) is 24.5. The van der Waals surface area contributed by atoms with E-state index in [9.17, 15) is 9.59 Å². The van der Waals surface area contributed by atoms with Crippen LogP contribution in [0.2, 0.25) is 0 Å². The van der Waals surface area contributed by atoms with Gasteiger partial charge in [-0.1, -0.05) is 18.7 Å². The third-order valence-corrected chi connectivity index (χ3v) is 3.68. The summed E-state index contributed by atoms with van der Waals surface area (Å²) in [7, 11) is 0. The van der Waals surface area contributed by atoms with Crippen LogP contribution in [0.4, 0.5) is 5.82 Å². The van der Waals surface area contributed by atoms with E-state index in [-0.39, 0.29) is 16.3 Å². The van der Waals surface area contributed by atoms with Gasteiger partial charge in [-0.2, -0.15) is 5.10 Å². The van der Waals surface area contributed by atoms with E-state index in [2.05, 4.69) is 10.2 Å². The molecule has 1 saturated heterocycles. The molecular weight excluding hydrogens is 238 g/mol. The number of amides is 1. The number of aromatic nitrogens is 2. The van der Waals surface area contributed by atoms with Gasteiger partial charge >= 0.3 is 0 Å². The first-order valence-electron chi connectivity index (χ1n) is 5.62. The minimum Gasteiger partial charge on any atom is -0.294 e. The number of aromatic amines is 1. The maximum Gasteiger partial charge on any atom is 0.229 e. The minimum absolute atomic E-state index is 0.0397. The van der Waals surface area contributed by atoms with Crippen molar-refractivity contribution in [3.8, 4) is 0 Å². The van der Waals surface area contributed by atoms with Gasteiger partial charge in [0.25, 0.3) is 0 Å². The largest absolute Gasteiger partial charge is 0.294 e. The van der Waals surface area contributed by atoms with Crippen molar-refractivity contribution in [1.29, 1.82) is 0 Å². The van der Waals surface area contributed by atoms with E-state index < -0.39 is 0 Å². The fourth-order valence-electron chi connectivity index (χ4n) is 1.88. The highest BCUT2D eigenvalue weighted by molar-refractivity contribution is 8.14. The molecule has 6 heteroatoms. The summed E-state index contributed by atoms with van der Waals surface area (Å²) >= 11 is 1.24. The Balaban J connectivity index is 2.07. The van der Waals surface area contributed by atoms with Crippen molar-refractivity contribution in [2.75, 3.05) is 11.4 Å². The van der Waals surface area contributed by atoms with E-state index in [4.69, 9.17) is 0 Å². The molecule has 1 atom stereocenters. The molecule has 0 saturated carbocycles. The monoisotopic (exact) mass is 253 g/mol. The van der Waals surface area contributed by atoms with Crippen molar-refractivity contribution in [3.05, 3.63) is 11.8 Å². The van der Waals surface area contributed by atoms with Gasteiger partial charge < -0.3 is 0 Å². The lowest BCUT2D eigenvalue weighted by Gasteiger charge is -2.12. The highest BCUT2D eigenvalue weighted by atomic mass is 32.2. The van der Waals surface area contributed by atoms with E-state index in [1.54, 1.807) is 4.90 Å². The molecule has 1 aliphatic heterocycles. The van der Waals surface area contributed by atoms with Crippen LogP contribution in [0.15, 0.2) is 6.07 Å². The zero-order valence-corrected chi connectivity index (χ0v) is 10.7. The number of carbonyl (C=O) groups excluding carboxylic acids is 2. The molecule has 1 aromatic heterocycles. The van der Waals surface area contributed by atoms with Crippen LogP contribution in [-0.2, 0) is 16.0 Å². The van der Waals surface area contributed by atoms with Crippen LogP contribution in [0, 0.1) is 0 Å². The van der Waals surface area contributed by atoms with Gasteiger partial charge in [-0.3, -0.25) is 19.6 Å².